The Bertz CT molecular complexity index is 458. The van der Waals surface area contributed by atoms with Crippen molar-refractivity contribution in [1.82, 2.24) is 0 Å². The smallest absolute Gasteiger partial charge is 0.388 e. The molecule has 0 aromatic heterocycles. The third-order valence-electron chi connectivity index (χ3n) is 3.48. The SMILES string of the molecule is CC1OCCC1C(O)c1ccc(C(F)(F)F)c(F)c1. The van der Waals surface area contributed by atoms with Gasteiger partial charge < -0.3 is 9.84 Å². The van der Waals surface area contributed by atoms with Gasteiger partial charge in [-0.2, -0.15) is 13.2 Å². The molecule has 1 saturated heterocycles. The maximum absolute atomic E-state index is 13.4. The maximum Gasteiger partial charge on any atom is 0.419 e. The molecule has 1 aromatic rings. The van der Waals surface area contributed by atoms with Crippen molar-refractivity contribution < 1.29 is 27.4 Å². The molecule has 1 fully saturated rings. The highest BCUT2D eigenvalue weighted by Gasteiger charge is 2.36. The highest BCUT2D eigenvalue weighted by atomic mass is 19.4. The van der Waals surface area contributed by atoms with Crippen LogP contribution >= 0.6 is 0 Å². The number of benzene rings is 1. The molecule has 1 aliphatic heterocycles. The number of ether oxygens (including phenoxy) is 1. The molecule has 6 heteroatoms. The van der Waals surface area contributed by atoms with E-state index in [0.29, 0.717) is 19.1 Å². The lowest BCUT2D eigenvalue weighted by Crippen LogP contribution is -2.20. The first-order chi connectivity index (χ1) is 8.80. The van der Waals surface area contributed by atoms with Gasteiger partial charge in [-0.3, -0.25) is 0 Å². The average molecular weight is 278 g/mol. The number of rotatable bonds is 2. The summed E-state index contributed by atoms with van der Waals surface area (Å²) in [6.07, 6.45) is -5.34. The quantitative estimate of drug-likeness (QED) is 0.841. The molecule has 19 heavy (non-hydrogen) atoms. The van der Waals surface area contributed by atoms with Gasteiger partial charge in [0.2, 0.25) is 0 Å². The Morgan fingerprint density at radius 2 is 2.05 bits per heavy atom. The van der Waals surface area contributed by atoms with E-state index in [-0.39, 0.29) is 17.6 Å². The summed E-state index contributed by atoms with van der Waals surface area (Å²) in [5.74, 6) is -1.59. The Labute approximate surface area is 108 Å². The lowest BCUT2D eigenvalue weighted by atomic mass is 9.90. The molecule has 1 heterocycles. The Balaban J connectivity index is 2.24. The molecule has 0 bridgehead atoms. The van der Waals surface area contributed by atoms with E-state index < -0.39 is 23.7 Å². The molecule has 106 valence electrons. The standard InChI is InChI=1S/C13H14F4O2/c1-7-9(4-5-19-7)12(18)8-2-3-10(11(14)6-8)13(15,16)17/h2-3,6-7,9,12,18H,4-5H2,1H3. The van der Waals surface area contributed by atoms with Gasteiger partial charge in [-0.05, 0) is 31.0 Å². The molecule has 1 aliphatic rings. The lowest BCUT2D eigenvalue weighted by molar-refractivity contribution is -0.140. The topological polar surface area (TPSA) is 29.5 Å². The molecule has 3 unspecified atom stereocenters. The van der Waals surface area contributed by atoms with Crippen molar-refractivity contribution in [3.63, 3.8) is 0 Å². The van der Waals surface area contributed by atoms with Crippen LogP contribution in [0.2, 0.25) is 0 Å². The minimum Gasteiger partial charge on any atom is -0.388 e. The monoisotopic (exact) mass is 278 g/mol. The summed E-state index contributed by atoms with van der Waals surface area (Å²) < 4.78 is 56.0. The predicted molar refractivity (Wildman–Crippen MR) is 59.9 cm³/mol. The van der Waals surface area contributed by atoms with Crippen LogP contribution in [0.5, 0.6) is 0 Å². The second kappa shape index (κ2) is 5.09. The van der Waals surface area contributed by atoms with Gasteiger partial charge in [-0.25, -0.2) is 4.39 Å². The van der Waals surface area contributed by atoms with Gasteiger partial charge in [0.25, 0.3) is 0 Å². The summed E-state index contributed by atoms with van der Waals surface area (Å²) in [5, 5.41) is 10.1. The zero-order valence-corrected chi connectivity index (χ0v) is 10.2. The first-order valence-corrected chi connectivity index (χ1v) is 5.97. The van der Waals surface area contributed by atoms with Gasteiger partial charge >= 0.3 is 6.18 Å². The van der Waals surface area contributed by atoms with Crippen LogP contribution in [0.1, 0.15) is 30.6 Å². The summed E-state index contributed by atoms with van der Waals surface area (Å²) in [6.45, 7) is 2.27. The molecule has 2 nitrogen and oxygen atoms in total. The largest absolute Gasteiger partial charge is 0.419 e. The van der Waals surface area contributed by atoms with Crippen molar-refractivity contribution in [3.05, 3.63) is 35.1 Å². The highest BCUT2D eigenvalue weighted by molar-refractivity contribution is 5.28. The van der Waals surface area contributed by atoms with Crippen molar-refractivity contribution >= 4 is 0 Å². The lowest BCUT2D eigenvalue weighted by Gasteiger charge is -2.21. The second-order valence-corrected chi connectivity index (χ2v) is 4.71. The molecule has 0 spiro atoms. The summed E-state index contributed by atoms with van der Waals surface area (Å²) in [4.78, 5) is 0. The number of aliphatic hydroxyl groups is 1. The van der Waals surface area contributed by atoms with Gasteiger partial charge in [0.05, 0.1) is 17.8 Å². The van der Waals surface area contributed by atoms with Gasteiger partial charge in [0, 0.05) is 12.5 Å². The summed E-state index contributed by atoms with van der Waals surface area (Å²) in [5.41, 5.74) is -1.17. The van der Waals surface area contributed by atoms with Crippen molar-refractivity contribution in [1.29, 1.82) is 0 Å². The van der Waals surface area contributed by atoms with Crippen molar-refractivity contribution in [3.8, 4) is 0 Å². The zero-order valence-electron chi connectivity index (χ0n) is 10.2. The van der Waals surface area contributed by atoms with E-state index in [1.54, 1.807) is 6.92 Å². The third-order valence-corrected chi connectivity index (χ3v) is 3.48. The predicted octanol–water partition coefficient (Wildman–Crippen LogP) is 3.30. The zero-order chi connectivity index (χ0) is 14.2. The minimum atomic E-state index is -4.72. The molecular weight excluding hydrogens is 264 g/mol. The Kier molecular flexibility index (Phi) is 3.82. The first kappa shape index (κ1) is 14.3. The van der Waals surface area contributed by atoms with Crippen molar-refractivity contribution in [2.75, 3.05) is 6.61 Å². The van der Waals surface area contributed by atoms with E-state index in [0.717, 1.165) is 12.1 Å². The molecule has 3 atom stereocenters. The molecule has 1 N–H and O–H groups in total. The van der Waals surface area contributed by atoms with Gasteiger partial charge in [-0.1, -0.05) is 6.07 Å². The molecule has 0 saturated carbocycles. The molecule has 0 aliphatic carbocycles. The Morgan fingerprint density at radius 1 is 1.37 bits per heavy atom. The van der Waals surface area contributed by atoms with Crippen LogP contribution in [-0.2, 0) is 10.9 Å². The molecule has 1 aromatic carbocycles. The molecule has 2 rings (SSSR count). The highest BCUT2D eigenvalue weighted by Crippen LogP contribution is 2.36. The summed E-state index contributed by atoms with van der Waals surface area (Å²) in [6, 6.07) is 2.52. The van der Waals surface area contributed by atoms with Crippen LogP contribution < -0.4 is 0 Å². The normalized spacial score (nSPS) is 25.6. The summed E-state index contributed by atoms with van der Waals surface area (Å²) >= 11 is 0. The van der Waals surface area contributed by atoms with Crippen LogP contribution in [0.15, 0.2) is 18.2 Å². The van der Waals surface area contributed by atoms with E-state index in [1.165, 1.54) is 0 Å². The number of hydrogen-bond acceptors (Lipinski definition) is 2. The number of alkyl halides is 3. The fourth-order valence-electron chi connectivity index (χ4n) is 2.36. The van der Waals surface area contributed by atoms with E-state index in [2.05, 4.69) is 0 Å². The number of aliphatic hydroxyl groups excluding tert-OH is 1. The molecule has 0 amide bonds. The van der Waals surface area contributed by atoms with Crippen LogP contribution in [0.3, 0.4) is 0 Å². The van der Waals surface area contributed by atoms with Gasteiger partial charge in [0.15, 0.2) is 0 Å². The van der Waals surface area contributed by atoms with E-state index in [4.69, 9.17) is 4.74 Å². The van der Waals surface area contributed by atoms with Crippen LogP contribution in [0.25, 0.3) is 0 Å². The van der Waals surface area contributed by atoms with Crippen LogP contribution in [0.4, 0.5) is 17.6 Å². The Morgan fingerprint density at radius 3 is 2.53 bits per heavy atom. The Hall–Kier alpha value is -1.14. The van der Waals surface area contributed by atoms with E-state index in [9.17, 15) is 22.7 Å². The van der Waals surface area contributed by atoms with Gasteiger partial charge in [-0.15, -0.1) is 0 Å². The number of hydrogen-bond donors (Lipinski definition) is 1. The van der Waals surface area contributed by atoms with Crippen molar-refractivity contribution in [2.24, 2.45) is 5.92 Å². The van der Waals surface area contributed by atoms with Crippen LogP contribution in [0, 0.1) is 11.7 Å². The number of halogens is 4. The maximum atomic E-state index is 13.4. The molecule has 0 radical (unpaired) electrons. The second-order valence-electron chi connectivity index (χ2n) is 4.71. The van der Waals surface area contributed by atoms with Crippen LogP contribution in [-0.4, -0.2) is 17.8 Å². The fraction of sp³-hybridized carbons (Fsp3) is 0.538. The molecular formula is C13H14F4O2. The van der Waals surface area contributed by atoms with Gasteiger partial charge in [0.1, 0.15) is 5.82 Å². The van der Waals surface area contributed by atoms with Crippen molar-refractivity contribution in [2.45, 2.75) is 31.7 Å². The fourth-order valence-corrected chi connectivity index (χ4v) is 2.36. The van der Waals surface area contributed by atoms with E-state index in [1.807, 2.05) is 0 Å². The summed E-state index contributed by atoms with van der Waals surface area (Å²) in [7, 11) is 0. The first-order valence-electron chi connectivity index (χ1n) is 5.97. The minimum absolute atomic E-state index is 0.146. The average Bonchev–Trinajstić information content (AvgIpc) is 2.72. The van der Waals surface area contributed by atoms with E-state index >= 15 is 0 Å². The third kappa shape index (κ3) is 2.90.